The summed E-state index contributed by atoms with van der Waals surface area (Å²) < 4.78 is 65.4. The number of amides is 1. The minimum atomic E-state index is -4.56. The van der Waals surface area contributed by atoms with Gasteiger partial charge in [0.05, 0.1) is 10.6 Å². The quantitative estimate of drug-likeness (QED) is 0.682. The van der Waals surface area contributed by atoms with Gasteiger partial charge in [-0.25, -0.2) is 8.42 Å². The van der Waals surface area contributed by atoms with Crippen LogP contribution in [0.25, 0.3) is 0 Å². The molecule has 1 saturated heterocycles. The standard InChI is InChI=1S/C18H15Cl2F3N2O3S/c19-14-4-5-15(20)16(11-14)29(27,28)25-8-6-24(7-9-25)17(26)12-2-1-3-13(10-12)18(21,22)23/h1-5,10-11H,6-9H2. The first-order chi connectivity index (χ1) is 13.5. The summed E-state index contributed by atoms with van der Waals surface area (Å²) in [5.41, 5.74) is -1.02. The number of piperazine rings is 1. The molecule has 3 rings (SSSR count). The fraction of sp³-hybridized carbons (Fsp3) is 0.278. The van der Waals surface area contributed by atoms with Crippen molar-refractivity contribution in [3.05, 3.63) is 63.6 Å². The predicted octanol–water partition coefficient (Wildman–Crippen LogP) is 4.16. The molecule has 1 amide bonds. The van der Waals surface area contributed by atoms with Gasteiger partial charge in [-0.2, -0.15) is 17.5 Å². The van der Waals surface area contributed by atoms with Crippen LogP contribution >= 0.6 is 23.2 Å². The molecule has 0 atom stereocenters. The number of sulfonamides is 1. The van der Waals surface area contributed by atoms with E-state index in [1.165, 1.54) is 33.5 Å². The van der Waals surface area contributed by atoms with Crippen LogP contribution in [0.15, 0.2) is 47.4 Å². The van der Waals surface area contributed by atoms with Crippen molar-refractivity contribution in [2.45, 2.75) is 11.1 Å². The zero-order chi connectivity index (χ0) is 21.4. The monoisotopic (exact) mass is 466 g/mol. The van der Waals surface area contributed by atoms with Crippen molar-refractivity contribution >= 4 is 39.1 Å². The van der Waals surface area contributed by atoms with Crippen molar-refractivity contribution in [3.63, 3.8) is 0 Å². The number of hydrogen-bond acceptors (Lipinski definition) is 3. The van der Waals surface area contributed by atoms with Crippen molar-refractivity contribution in [1.29, 1.82) is 0 Å². The molecule has 1 aliphatic rings. The normalized spacial score (nSPS) is 16.1. The minimum Gasteiger partial charge on any atom is -0.336 e. The Balaban J connectivity index is 1.74. The van der Waals surface area contributed by atoms with Crippen LogP contribution in [0.3, 0.4) is 0 Å². The molecule has 0 aromatic heterocycles. The van der Waals surface area contributed by atoms with Crippen LogP contribution < -0.4 is 0 Å². The molecule has 0 radical (unpaired) electrons. The van der Waals surface area contributed by atoms with E-state index in [1.54, 1.807) is 0 Å². The molecule has 156 valence electrons. The summed E-state index contributed by atoms with van der Waals surface area (Å²) in [5, 5.41) is 0.239. The Morgan fingerprint density at radius 3 is 2.24 bits per heavy atom. The van der Waals surface area contributed by atoms with E-state index in [2.05, 4.69) is 0 Å². The number of alkyl halides is 3. The zero-order valence-electron chi connectivity index (χ0n) is 14.8. The fourth-order valence-electron chi connectivity index (χ4n) is 2.96. The number of hydrogen-bond donors (Lipinski definition) is 0. The first-order valence-electron chi connectivity index (χ1n) is 8.42. The summed E-state index contributed by atoms with van der Waals surface area (Å²) in [5.74, 6) is -0.589. The number of carbonyl (C=O) groups is 1. The Morgan fingerprint density at radius 1 is 0.966 bits per heavy atom. The Bertz CT molecular complexity index is 1040. The molecule has 2 aromatic rings. The molecule has 29 heavy (non-hydrogen) atoms. The van der Waals surface area contributed by atoms with E-state index in [1.807, 2.05) is 0 Å². The number of rotatable bonds is 3. The van der Waals surface area contributed by atoms with Crippen molar-refractivity contribution < 1.29 is 26.4 Å². The van der Waals surface area contributed by atoms with Gasteiger partial charge in [0.2, 0.25) is 10.0 Å². The van der Waals surface area contributed by atoms with Crippen LogP contribution in [0.2, 0.25) is 10.0 Å². The lowest BCUT2D eigenvalue weighted by atomic mass is 10.1. The Hall–Kier alpha value is -1.81. The van der Waals surface area contributed by atoms with Crippen LogP contribution in [-0.2, 0) is 16.2 Å². The van der Waals surface area contributed by atoms with E-state index in [4.69, 9.17) is 23.2 Å². The van der Waals surface area contributed by atoms with Gasteiger partial charge in [0.15, 0.2) is 0 Å². The summed E-state index contributed by atoms with van der Waals surface area (Å²) in [7, 11) is -3.92. The molecule has 5 nitrogen and oxygen atoms in total. The van der Waals surface area contributed by atoms with Gasteiger partial charge >= 0.3 is 6.18 Å². The van der Waals surface area contributed by atoms with Crippen LogP contribution in [0.4, 0.5) is 13.2 Å². The molecular formula is C18H15Cl2F3N2O3S. The third-order valence-electron chi connectivity index (χ3n) is 4.47. The highest BCUT2D eigenvalue weighted by atomic mass is 35.5. The van der Waals surface area contributed by atoms with E-state index in [0.717, 1.165) is 18.2 Å². The maximum absolute atomic E-state index is 12.9. The maximum Gasteiger partial charge on any atom is 0.416 e. The number of benzene rings is 2. The molecule has 1 heterocycles. The van der Waals surface area contributed by atoms with Gasteiger partial charge in [-0.3, -0.25) is 4.79 Å². The lowest BCUT2D eigenvalue weighted by Crippen LogP contribution is -2.50. The van der Waals surface area contributed by atoms with Gasteiger partial charge in [0.1, 0.15) is 4.90 Å². The lowest BCUT2D eigenvalue weighted by molar-refractivity contribution is -0.137. The second-order valence-electron chi connectivity index (χ2n) is 6.35. The lowest BCUT2D eigenvalue weighted by Gasteiger charge is -2.34. The Morgan fingerprint density at radius 2 is 1.62 bits per heavy atom. The van der Waals surface area contributed by atoms with E-state index < -0.39 is 27.7 Å². The topological polar surface area (TPSA) is 57.7 Å². The number of carbonyl (C=O) groups excluding carboxylic acids is 1. The molecule has 1 aliphatic heterocycles. The van der Waals surface area contributed by atoms with Crippen molar-refractivity contribution in [3.8, 4) is 0 Å². The fourth-order valence-corrected chi connectivity index (χ4v) is 5.12. The number of nitrogens with zero attached hydrogens (tertiary/aromatic N) is 2. The van der Waals surface area contributed by atoms with Crippen LogP contribution in [0, 0.1) is 0 Å². The van der Waals surface area contributed by atoms with Crippen LogP contribution in [-0.4, -0.2) is 49.7 Å². The van der Waals surface area contributed by atoms with Gasteiger partial charge < -0.3 is 4.90 Å². The molecule has 0 aliphatic carbocycles. The smallest absolute Gasteiger partial charge is 0.336 e. The summed E-state index contributed by atoms with van der Waals surface area (Å²) >= 11 is 11.9. The average molecular weight is 467 g/mol. The zero-order valence-corrected chi connectivity index (χ0v) is 17.1. The Labute approximate surface area is 175 Å². The summed E-state index contributed by atoms with van der Waals surface area (Å²) in [4.78, 5) is 13.7. The van der Waals surface area contributed by atoms with E-state index >= 15 is 0 Å². The van der Waals surface area contributed by atoms with E-state index in [-0.39, 0.29) is 46.7 Å². The van der Waals surface area contributed by atoms with Crippen molar-refractivity contribution in [2.24, 2.45) is 0 Å². The predicted molar refractivity (Wildman–Crippen MR) is 103 cm³/mol. The maximum atomic E-state index is 12.9. The molecule has 0 N–H and O–H groups in total. The van der Waals surface area contributed by atoms with Crippen molar-refractivity contribution in [2.75, 3.05) is 26.2 Å². The molecule has 1 fully saturated rings. The average Bonchev–Trinajstić information content (AvgIpc) is 2.68. The van der Waals surface area contributed by atoms with Crippen molar-refractivity contribution in [1.82, 2.24) is 9.21 Å². The van der Waals surface area contributed by atoms with Gasteiger partial charge in [-0.15, -0.1) is 0 Å². The SMILES string of the molecule is O=C(c1cccc(C(F)(F)F)c1)N1CCN(S(=O)(=O)c2cc(Cl)ccc2Cl)CC1. The minimum absolute atomic E-state index is 0.0180. The second-order valence-corrected chi connectivity index (χ2v) is 9.10. The molecular weight excluding hydrogens is 452 g/mol. The molecule has 0 unspecified atom stereocenters. The van der Waals surface area contributed by atoms with Crippen LogP contribution in [0.1, 0.15) is 15.9 Å². The Kier molecular flexibility index (Phi) is 6.14. The van der Waals surface area contributed by atoms with Gasteiger partial charge in [0.25, 0.3) is 5.91 Å². The highest BCUT2D eigenvalue weighted by Crippen LogP contribution is 2.30. The first-order valence-corrected chi connectivity index (χ1v) is 10.6. The highest BCUT2D eigenvalue weighted by molar-refractivity contribution is 7.89. The van der Waals surface area contributed by atoms with Gasteiger partial charge in [0, 0.05) is 36.8 Å². The summed E-state index contributed by atoms with van der Waals surface area (Å²) in [6.45, 7) is 0.0325. The summed E-state index contributed by atoms with van der Waals surface area (Å²) in [6, 6.07) is 8.23. The molecule has 2 aromatic carbocycles. The van der Waals surface area contributed by atoms with Gasteiger partial charge in [-0.1, -0.05) is 29.3 Å². The van der Waals surface area contributed by atoms with Gasteiger partial charge in [-0.05, 0) is 36.4 Å². The molecule has 0 spiro atoms. The number of halogens is 5. The largest absolute Gasteiger partial charge is 0.416 e. The second kappa shape index (κ2) is 8.14. The first kappa shape index (κ1) is 21.9. The third-order valence-corrected chi connectivity index (χ3v) is 7.09. The molecule has 0 bridgehead atoms. The van der Waals surface area contributed by atoms with E-state index in [9.17, 15) is 26.4 Å². The molecule has 11 heteroatoms. The summed E-state index contributed by atoms with van der Waals surface area (Å²) in [6.07, 6.45) is -4.56. The highest BCUT2D eigenvalue weighted by Gasteiger charge is 2.34. The van der Waals surface area contributed by atoms with E-state index in [0.29, 0.717) is 0 Å². The van der Waals surface area contributed by atoms with Crippen LogP contribution in [0.5, 0.6) is 0 Å². The third kappa shape index (κ3) is 4.69. The molecule has 0 saturated carbocycles.